The van der Waals surface area contributed by atoms with Crippen molar-refractivity contribution in [2.75, 3.05) is 18.5 Å². The molecular formula is C25H25N5O4. The van der Waals surface area contributed by atoms with Crippen molar-refractivity contribution < 1.29 is 19.4 Å². The molecule has 0 spiro atoms. The van der Waals surface area contributed by atoms with Crippen LogP contribution in [0.3, 0.4) is 0 Å². The summed E-state index contributed by atoms with van der Waals surface area (Å²) in [6.45, 7) is 1.52. The lowest BCUT2D eigenvalue weighted by Crippen LogP contribution is -2.46. The molecule has 3 aromatic rings. The molecule has 0 unspecified atom stereocenters. The van der Waals surface area contributed by atoms with Crippen LogP contribution in [-0.4, -0.2) is 46.3 Å². The first-order valence-electron chi connectivity index (χ1n) is 11.4. The van der Waals surface area contributed by atoms with Gasteiger partial charge in [0.1, 0.15) is 25.0 Å². The second kappa shape index (κ2) is 9.63. The van der Waals surface area contributed by atoms with Crippen LogP contribution >= 0.6 is 0 Å². The van der Waals surface area contributed by atoms with E-state index in [1.165, 1.54) is 0 Å². The van der Waals surface area contributed by atoms with Crippen LogP contribution in [0.25, 0.3) is 10.9 Å². The van der Waals surface area contributed by atoms with Gasteiger partial charge in [0.05, 0.1) is 29.2 Å². The minimum Gasteiger partial charge on any atom is -0.486 e. The number of aliphatic hydroxyl groups excluding tert-OH is 1. The number of nitriles is 1. The van der Waals surface area contributed by atoms with E-state index in [1.54, 1.807) is 18.3 Å². The van der Waals surface area contributed by atoms with Gasteiger partial charge in [-0.2, -0.15) is 5.26 Å². The Morgan fingerprint density at radius 1 is 1.18 bits per heavy atom. The van der Waals surface area contributed by atoms with Crippen LogP contribution in [0.2, 0.25) is 0 Å². The molecule has 2 aliphatic rings. The first-order chi connectivity index (χ1) is 16.6. The molecule has 1 aliphatic carbocycles. The Kier molecular flexibility index (Phi) is 6.25. The van der Waals surface area contributed by atoms with Crippen molar-refractivity contribution in [3.63, 3.8) is 0 Å². The molecule has 0 bridgehead atoms. The highest BCUT2D eigenvalue weighted by Gasteiger charge is 2.33. The van der Waals surface area contributed by atoms with Crippen LogP contribution in [-0.2, 0) is 11.3 Å². The lowest BCUT2D eigenvalue weighted by molar-refractivity contribution is -0.122. The number of nitrogens with zero attached hydrogens (tertiary/aromatic N) is 3. The highest BCUT2D eigenvalue weighted by Crippen LogP contribution is 2.30. The average Bonchev–Trinajstić information content (AvgIpc) is 2.87. The number of nitrogens with one attached hydrogen (secondary N) is 2. The molecule has 174 valence electrons. The molecular weight excluding hydrogens is 434 g/mol. The number of aliphatic hydroxyl groups is 1. The molecule has 1 fully saturated rings. The van der Waals surface area contributed by atoms with Gasteiger partial charge in [-0.25, -0.2) is 4.98 Å². The number of aromatic nitrogens is 2. The smallest absolute Gasteiger partial charge is 0.227 e. The normalized spacial score (nSPS) is 21.6. The number of fused-ring (bicyclic) bond motifs is 2. The SMILES string of the molecule is N#Cc1ccc2cccc(NC(=O)[C@@H]3CC[C@@H](NCc4cc5c(cn4)OCCO5)[C@@H](O)C3)c2n1. The summed E-state index contributed by atoms with van der Waals surface area (Å²) in [7, 11) is 0. The van der Waals surface area contributed by atoms with Gasteiger partial charge >= 0.3 is 0 Å². The Labute approximate surface area is 196 Å². The quantitative estimate of drug-likeness (QED) is 0.531. The van der Waals surface area contributed by atoms with Gasteiger partial charge in [-0.15, -0.1) is 0 Å². The molecule has 34 heavy (non-hydrogen) atoms. The fraction of sp³-hybridized carbons (Fsp3) is 0.360. The van der Waals surface area contributed by atoms with Crippen molar-refractivity contribution in [1.82, 2.24) is 15.3 Å². The summed E-state index contributed by atoms with van der Waals surface area (Å²) in [5, 5.41) is 27.0. The molecule has 3 atom stereocenters. The maximum Gasteiger partial charge on any atom is 0.227 e. The van der Waals surface area contributed by atoms with Gasteiger partial charge in [-0.1, -0.05) is 12.1 Å². The Bertz CT molecular complexity index is 1260. The zero-order valence-electron chi connectivity index (χ0n) is 18.5. The minimum absolute atomic E-state index is 0.128. The van der Waals surface area contributed by atoms with Gasteiger partial charge in [0.15, 0.2) is 11.5 Å². The zero-order valence-corrected chi connectivity index (χ0v) is 18.5. The first-order valence-corrected chi connectivity index (χ1v) is 11.4. The van der Waals surface area contributed by atoms with Gasteiger partial charge in [0.25, 0.3) is 0 Å². The van der Waals surface area contributed by atoms with E-state index in [-0.39, 0.29) is 17.9 Å². The number of carbonyl (C=O) groups is 1. The van der Waals surface area contributed by atoms with E-state index in [9.17, 15) is 9.90 Å². The maximum absolute atomic E-state index is 13.0. The van der Waals surface area contributed by atoms with Gasteiger partial charge in [0.2, 0.25) is 5.91 Å². The Balaban J connectivity index is 1.18. The third kappa shape index (κ3) is 4.64. The van der Waals surface area contributed by atoms with E-state index >= 15 is 0 Å². The van der Waals surface area contributed by atoms with Gasteiger partial charge in [-0.05, 0) is 37.5 Å². The highest BCUT2D eigenvalue weighted by atomic mass is 16.6. The second-order valence-electron chi connectivity index (χ2n) is 8.56. The van der Waals surface area contributed by atoms with E-state index in [1.807, 2.05) is 30.3 Å². The van der Waals surface area contributed by atoms with Crippen molar-refractivity contribution >= 4 is 22.5 Å². The molecule has 1 amide bonds. The van der Waals surface area contributed by atoms with Crippen molar-refractivity contribution in [2.24, 2.45) is 5.92 Å². The number of benzene rings is 1. The fourth-order valence-corrected chi connectivity index (χ4v) is 4.49. The number of rotatable bonds is 5. The predicted molar refractivity (Wildman–Crippen MR) is 124 cm³/mol. The Hall–Kier alpha value is -3.74. The monoisotopic (exact) mass is 459 g/mol. The molecule has 1 aliphatic heterocycles. The summed E-state index contributed by atoms with van der Waals surface area (Å²) in [6.07, 6.45) is 2.68. The van der Waals surface area contributed by atoms with Crippen molar-refractivity contribution in [3.8, 4) is 17.6 Å². The van der Waals surface area contributed by atoms with E-state index in [0.717, 1.165) is 11.1 Å². The third-order valence-electron chi connectivity index (χ3n) is 6.31. The van der Waals surface area contributed by atoms with Crippen molar-refractivity contribution in [3.05, 3.63) is 54.0 Å². The lowest BCUT2D eigenvalue weighted by Gasteiger charge is -2.33. The zero-order chi connectivity index (χ0) is 23.5. The Morgan fingerprint density at radius 3 is 2.85 bits per heavy atom. The maximum atomic E-state index is 13.0. The standard InChI is InChI=1S/C25H25N5O4/c26-12-17-6-4-15-2-1-3-20(24(15)29-17)30-25(32)16-5-7-19(21(31)10-16)28-13-18-11-22-23(14-27-18)34-9-8-33-22/h1-4,6,11,14,16,19,21,28,31H,5,7-10,13H2,(H,30,32)/t16-,19-,21+/m1/s1. The summed E-state index contributed by atoms with van der Waals surface area (Å²) in [4.78, 5) is 21.7. The van der Waals surface area contributed by atoms with E-state index < -0.39 is 6.10 Å². The molecule has 3 N–H and O–H groups in total. The van der Waals surface area contributed by atoms with Crippen LogP contribution in [0.5, 0.6) is 11.5 Å². The van der Waals surface area contributed by atoms with E-state index in [2.05, 4.69) is 20.6 Å². The number of anilines is 1. The fourth-order valence-electron chi connectivity index (χ4n) is 4.49. The number of amides is 1. The van der Waals surface area contributed by atoms with Crippen LogP contribution in [0.4, 0.5) is 5.69 Å². The predicted octanol–water partition coefficient (Wildman–Crippen LogP) is 2.53. The van der Waals surface area contributed by atoms with Crippen molar-refractivity contribution in [1.29, 1.82) is 5.26 Å². The minimum atomic E-state index is -0.655. The first kappa shape index (κ1) is 22.1. The number of para-hydroxylation sites is 1. The molecule has 9 nitrogen and oxygen atoms in total. The molecule has 1 saturated carbocycles. The van der Waals surface area contributed by atoms with Crippen LogP contribution < -0.4 is 20.1 Å². The van der Waals surface area contributed by atoms with E-state index in [4.69, 9.17) is 14.7 Å². The summed E-state index contributed by atoms with van der Waals surface area (Å²) in [5.41, 5.74) is 2.25. The number of hydrogen-bond acceptors (Lipinski definition) is 8. The molecule has 1 aromatic carbocycles. The summed E-state index contributed by atoms with van der Waals surface area (Å²) >= 11 is 0. The topological polar surface area (TPSA) is 129 Å². The number of carbonyl (C=O) groups excluding carboxylic acids is 1. The van der Waals surface area contributed by atoms with Crippen LogP contribution in [0.15, 0.2) is 42.6 Å². The molecule has 0 radical (unpaired) electrons. The molecule has 3 heterocycles. The molecule has 0 saturated heterocycles. The average molecular weight is 460 g/mol. The summed E-state index contributed by atoms with van der Waals surface area (Å²) in [6, 6.07) is 12.7. The summed E-state index contributed by atoms with van der Waals surface area (Å²) in [5.74, 6) is 0.869. The number of pyridine rings is 2. The van der Waals surface area contributed by atoms with Crippen LogP contribution in [0.1, 0.15) is 30.7 Å². The second-order valence-corrected chi connectivity index (χ2v) is 8.56. The van der Waals surface area contributed by atoms with E-state index in [0.29, 0.717) is 67.4 Å². The number of ether oxygens (including phenoxy) is 2. The third-order valence-corrected chi connectivity index (χ3v) is 6.31. The molecule has 2 aromatic heterocycles. The molecule has 9 heteroatoms. The molecule has 5 rings (SSSR count). The van der Waals surface area contributed by atoms with Gasteiger partial charge in [0, 0.05) is 30.0 Å². The van der Waals surface area contributed by atoms with Crippen molar-refractivity contribution in [2.45, 2.75) is 38.0 Å². The highest BCUT2D eigenvalue weighted by molar-refractivity contribution is 6.01. The lowest BCUT2D eigenvalue weighted by atomic mass is 9.83. The number of hydrogen-bond donors (Lipinski definition) is 3. The largest absolute Gasteiger partial charge is 0.486 e. The van der Waals surface area contributed by atoms with Gasteiger partial charge < -0.3 is 25.2 Å². The van der Waals surface area contributed by atoms with Gasteiger partial charge in [-0.3, -0.25) is 9.78 Å². The Morgan fingerprint density at radius 2 is 2.03 bits per heavy atom. The van der Waals surface area contributed by atoms with Crippen LogP contribution in [0, 0.1) is 17.2 Å². The summed E-state index contributed by atoms with van der Waals surface area (Å²) < 4.78 is 11.1.